The van der Waals surface area contributed by atoms with Crippen molar-refractivity contribution in [2.45, 2.75) is 37.9 Å². The first kappa shape index (κ1) is 16.7. The Morgan fingerprint density at radius 3 is 2.35 bits per heavy atom. The predicted molar refractivity (Wildman–Crippen MR) is 77.8 cm³/mol. The molecule has 2 N–H and O–H groups in total. The molecule has 1 aromatic carbocycles. The van der Waals surface area contributed by atoms with Crippen molar-refractivity contribution in [3.05, 3.63) is 35.9 Å². The van der Waals surface area contributed by atoms with Gasteiger partial charge in [0.2, 0.25) is 10.0 Å². The number of aliphatic carboxylic acids is 1. The Bertz CT molecular complexity index is 499. The summed E-state index contributed by atoms with van der Waals surface area (Å²) in [5, 5.41) is 8.47. The molecule has 0 saturated carbocycles. The average Bonchev–Trinajstić information content (AvgIpc) is 2.37. The van der Waals surface area contributed by atoms with Crippen molar-refractivity contribution in [3.8, 4) is 0 Å². The number of sulfonamides is 1. The van der Waals surface area contributed by atoms with E-state index in [1.165, 1.54) is 0 Å². The molecular formula is C14H21NO4S. The highest BCUT2D eigenvalue weighted by molar-refractivity contribution is 7.88. The number of carboxylic acid groups (broad SMARTS) is 1. The second kappa shape index (κ2) is 8.71. The SMILES string of the molecule is O=C(O)CCCCCCNS(=O)(=O)Cc1ccccc1. The molecule has 112 valence electrons. The van der Waals surface area contributed by atoms with Gasteiger partial charge >= 0.3 is 5.97 Å². The van der Waals surface area contributed by atoms with Crippen LogP contribution in [0.1, 0.15) is 37.7 Å². The molecule has 0 bridgehead atoms. The summed E-state index contributed by atoms with van der Waals surface area (Å²) in [7, 11) is -3.28. The van der Waals surface area contributed by atoms with E-state index in [9.17, 15) is 13.2 Å². The summed E-state index contributed by atoms with van der Waals surface area (Å²) in [6.07, 6.45) is 3.20. The Morgan fingerprint density at radius 1 is 1.05 bits per heavy atom. The van der Waals surface area contributed by atoms with Crippen LogP contribution in [0, 0.1) is 0 Å². The average molecular weight is 299 g/mol. The topological polar surface area (TPSA) is 83.5 Å². The Balaban J connectivity index is 2.16. The summed E-state index contributed by atoms with van der Waals surface area (Å²) >= 11 is 0. The maximum Gasteiger partial charge on any atom is 0.303 e. The first-order valence-corrected chi connectivity index (χ1v) is 8.38. The number of nitrogens with one attached hydrogen (secondary N) is 1. The molecule has 6 heteroatoms. The van der Waals surface area contributed by atoms with Gasteiger partial charge in [-0.3, -0.25) is 4.79 Å². The van der Waals surface area contributed by atoms with Gasteiger partial charge in [-0.25, -0.2) is 13.1 Å². The molecular weight excluding hydrogens is 278 g/mol. The highest BCUT2D eigenvalue weighted by atomic mass is 32.2. The van der Waals surface area contributed by atoms with E-state index in [-0.39, 0.29) is 12.2 Å². The summed E-state index contributed by atoms with van der Waals surface area (Å²) in [6.45, 7) is 0.405. The molecule has 0 radical (unpaired) electrons. The smallest absolute Gasteiger partial charge is 0.303 e. The number of benzene rings is 1. The Labute approximate surface area is 120 Å². The van der Waals surface area contributed by atoms with E-state index in [0.29, 0.717) is 13.0 Å². The molecule has 0 heterocycles. The molecule has 0 aliphatic rings. The van der Waals surface area contributed by atoms with Crippen molar-refractivity contribution in [2.24, 2.45) is 0 Å². The van der Waals surface area contributed by atoms with E-state index in [1.54, 1.807) is 12.1 Å². The Hall–Kier alpha value is -1.40. The third kappa shape index (κ3) is 7.91. The van der Waals surface area contributed by atoms with Crippen LogP contribution in [0.2, 0.25) is 0 Å². The monoisotopic (exact) mass is 299 g/mol. The number of hydrogen-bond acceptors (Lipinski definition) is 3. The number of rotatable bonds is 10. The van der Waals surface area contributed by atoms with Crippen LogP contribution in [0.3, 0.4) is 0 Å². The van der Waals surface area contributed by atoms with Crippen molar-refractivity contribution in [1.29, 1.82) is 0 Å². The second-order valence-corrected chi connectivity index (χ2v) is 6.50. The third-order valence-electron chi connectivity index (χ3n) is 2.84. The normalized spacial score (nSPS) is 11.4. The lowest BCUT2D eigenvalue weighted by Crippen LogP contribution is -2.26. The van der Waals surface area contributed by atoms with Gasteiger partial charge < -0.3 is 5.11 Å². The Morgan fingerprint density at radius 2 is 1.70 bits per heavy atom. The molecule has 0 unspecified atom stereocenters. The van der Waals surface area contributed by atoms with Crippen LogP contribution in [0.4, 0.5) is 0 Å². The highest BCUT2D eigenvalue weighted by Crippen LogP contribution is 2.05. The lowest BCUT2D eigenvalue weighted by Gasteiger charge is -2.06. The van der Waals surface area contributed by atoms with Gasteiger partial charge in [0.1, 0.15) is 0 Å². The molecule has 0 atom stereocenters. The molecule has 0 amide bonds. The number of carbonyl (C=O) groups is 1. The fraction of sp³-hybridized carbons (Fsp3) is 0.500. The predicted octanol–water partition coefficient (Wildman–Crippen LogP) is 2.14. The van der Waals surface area contributed by atoms with Crippen LogP contribution in [-0.2, 0) is 20.6 Å². The molecule has 0 saturated heterocycles. The largest absolute Gasteiger partial charge is 0.481 e. The zero-order valence-corrected chi connectivity index (χ0v) is 12.2. The fourth-order valence-corrected chi connectivity index (χ4v) is 3.02. The summed E-state index contributed by atoms with van der Waals surface area (Å²) in [6, 6.07) is 9.04. The highest BCUT2D eigenvalue weighted by Gasteiger charge is 2.10. The molecule has 1 aromatic rings. The van der Waals surface area contributed by atoms with E-state index >= 15 is 0 Å². The minimum atomic E-state index is -3.28. The maximum atomic E-state index is 11.8. The summed E-state index contributed by atoms with van der Waals surface area (Å²) < 4.78 is 26.1. The molecule has 0 fully saturated rings. The van der Waals surface area contributed by atoms with E-state index in [2.05, 4.69) is 4.72 Å². The summed E-state index contributed by atoms with van der Waals surface area (Å²) in [5.41, 5.74) is 0.765. The zero-order valence-electron chi connectivity index (χ0n) is 11.4. The van der Waals surface area contributed by atoms with Crippen molar-refractivity contribution in [1.82, 2.24) is 4.72 Å². The van der Waals surface area contributed by atoms with Crippen LogP contribution in [0.5, 0.6) is 0 Å². The molecule has 0 aliphatic carbocycles. The van der Waals surface area contributed by atoms with Crippen molar-refractivity contribution in [3.63, 3.8) is 0 Å². The van der Waals surface area contributed by atoms with Crippen LogP contribution in [0.15, 0.2) is 30.3 Å². The number of unbranched alkanes of at least 4 members (excludes halogenated alkanes) is 3. The van der Waals surface area contributed by atoms with Crippen LogP contribution in [-0.4, -0.2) is 26.0 Å². The van der Waals surface area contributed by atoms with Gasteiger partial charge in [-0.05, 0) is 18.4 Å². The van der Waals surface area contributed by atoms with Crippen LogP contribution >= 0.6 is 0 Å². The van der Waals surface area contributed by atoms with Crippen molar-refractivity contribution < 1.29 is 18.3 Å². The lowest BCUT2D eigenvalue weighted by atomic mass is 10.1. The number of carboxylic acids is 1. The third-order valence-corrected chi connectivity index (χ3v) is 4.20. The minimum Gasteiger partial charge on any atom is -0.481 e. The van der Waals surface area contributed by atoms with Crippen molar-refractivity contribution in [2.75, 3.05) is 6.54 Å². The first-order valence-electron chi connectivity index (χ1n) is 6.73. The van der Waals surface area contributed by atoms with Gasteiger partial charge in [0, 0.05) is 13.0 Å². The summed E-state index contributed by atoms with van der Waals surface area (Å²) in [4.78, 5) is 10.3. The fourth-order valence-electron chi connectivity index (χ4n) is 1.83. The van der Waals surface area contributed by atoms with E-state index in [1.807, 2.05) is 18.2 Å². The van der Waals surface area contributed by atoms with E-state index in [4.69, 9.17) is 5.11 Å². The van der Waals surface area contributed by atoms with Gasteiger partial charge in [0.25, 0.3) is 0 Å². The van der Waals surface area contributed by atoms with Gasteiger partial charge in [-0.15, -0.1) is 0 Å². The second-order valence-electron chi connectivity index (χ2n) is 4.70. The van der Waals surface area contributed by atoms with Crippen molar-refractivity contribution >= 4 is 16.0 Å². The first-order chi connectivity index (χ1) is 9.49. The molecule has 5 nitrogen and oxygen atoms in total. The Kier molecular flexibility index (Phi) is 7.25. The van der Waals surface area contributed by atoms with Gasteiger partial charge in [-0.2, -0.15) is 0 Å². The van der Waals surface area contributed by atoms with Gasteiger partial charge in [-0.1, -0.05) is 43.2 Å². The summed E-state index contributed by atoms with van der Waals surface area (Å²) in [5.74, 6) is -0.791. The molecule has 0 spiro atoms. The maximum absolute atomic E-state index is 11.8. The van der Waals surface area contributed by atoms with Gasteiger partial charge in [0.05, 0.1) is 5.75 Å². The van der Waals surface area contributed by atoms with E-state index < -0.39 is 16.0 Å². The zero-order chi connectivity index (χ0) is 14.8. The standard InChI is InChI=1S/C14H21NO4S/c16-14(17)10-6-1-2-7-11-15-20(18,19)12-13-8-4-3-5-9-13/h3-5,8-9,15H,1-2,6-7,10-12H2,(H,16,17). The molecule has 0 aliphatic heterocycles. The molecule has 20 heavy (non-hydrogen) atoms. The molecule has 1 rings (SSSR count). The van der Waals surface area contributed by atoms with Gasteiger partial charge in [0.15, 0.2) is 0 Å². The van der Waals surface area contributed by atoms with E-state index in [0.717, 1.165) is 24.8 Å². The molecule has 0 aromatic heterocycles. The lowest BCUT2D eigenvalue weighted by molar-refractivity contribution is -0.137. The van der Waals surface area contributed by atoms with Crippen LogP contribution in [0.25, 0.3) is 0 Å². The van der Waals surface area contributed by atoms with Crippen LogP contribution < -0.4 is 4.72 Å². The quantitative estimate of drug-likeness (QED) is 0.648. The number of hydrogen-bond donors (Lipinski definition) is 2. The minimum absolute atomic E-state index is 0.00709.